The van der Waals surface area contributed by atoms with Crippen LogP contribution in [0.3, 0.4) is 0 Å². The van der Waals surface area contributed by atoms with Crippen LogP contribution in [0, 0.1) is 0 Å². The molecule has 3 heterocycles. The van der Waals surface area contributed by atoms with Gasteiger partial charge in [0, 0.05) is 38.2 Å². The SMILES string of the molecule is C=c1c2c3c(c4[nH]c5ccccc5c4c2c(O)n1P)=Nc1ccccc1-3. The molecule has 1 atom stereocenters. The summed E-state index contributed by atoms with van der Waals surface area (Å²) in [7, 11) is 2.56. The highest BCUT2D eigenvalue weighted by atomic mass is 31.0. The van der Waals surface area contributed by atoms with Crippen LogP contribution in [0.4, 0.5) is 5.69 Å². The van der Waals surface area contributed by atoms with Crippen LogP contribution < -0.4 is 10.7 Å². The van der Waals surface area contributed by atoms with E-state index in [0.717, 1.165) is 60.1 Å². The Balaban J connectivity index is 2.05. The molecule has 0 spiro atoms. The standard InChI is InChI=1S/C21H14N3OP/c1-10-15-16-11-6-2-4-8-13(11)22-19(16)20-17(18(15)21(25)24(10)26)12-7-3-5-9-14(12)23-20/h2-9,23,25H,1,26H2. The molecule has 5 heteroatoms. The summed E-state index contributed by atoms with van der Waals surface area (Å²) >= 11 is 0. The Kier molecular flexibility index (Phi) is 2.46. The lowest BCUT2D eigenvalue weighted by Crippen LogP contribution is -2.10. The van der Waals surface area contributed by atoms with E-state index in [1.54, 1.807) is 4.34 Å². The van der Waals surface area contributed by atoms with Crippen molar-refractivity contribution >= 4 is 54.2 Å². The van der Waals surface area contributed by atoms with Crippen molar-refractivity contribution in [1.29, 1.82) is 0 Å². The Morgan fingerprint density at radius 2 is 1.77 bits per heavy atom. The predicted molar refractivity (Wildman–Crippen MR) is 109 cm³/mol. The molecule has 0 fully saturated rings. The van der Waals surface area contributed by atoms with Gasteiger partial charge < -0.3 is 10.1 Å². The van der Waals surface area contributed by atoms with E-state index in [2.05, 4.69) is 39.2 Å². The zero-order valence-electron chi connectivity index (χ0n) is 13.7. The van der Waals surface area contributed by atoms with Crippen molar-refractivity contribution in [3.8, 4) is 17.0 Å². The third-order valence-corrected chi connectivity index (χ3v) is 5.92. The molecule has 5 aromatic rings. The van der Waals surface area contributed by atoms with Crippen LogP contribution in [-0.4, -0.2) is 14.4 Å². The van der Waals surface area contributed by atoms with Gasteiger partial charge in [-0.2, -0.15) is 0 Å². The topological polar surface area (TPSA) is 53.3 Å². The molecule has 0 bridgehead atoms. The molecule has 1 unspecified atom stereocenters. The molecule has 26 heavy (non-hydrogen) atoms. The molecule has 3 aromatic carbocycles. The first kappa shape index (κ1) is 14.1. The van der Waals surface area contributed by atoms with E-state index in [1.165, 1.54) is 0 Å². The van der Waals surface area contributed by atoms with E-state index in [-0.39, 0.29) is 5.88 Å². The van der Waals surface area contributed by atoms with Crippen molar-refractivity contribution in [3.63, 3.8) is 0 Å². The normalized spacial score (nSPS) is 12.7. The smallest absolute Gasteiger partial charge is 0.203 e. The van der Waals surface area contributed by atoms with Crippen LogP contribution in [0.1, 0.15) is 0 Å². The van der Waals surface area contributed by atoms with E-state index in [9.17, 15) is 5.11 Å². The Bertz CT molecular complexity index is 1520. The maximum atomic E-state index is 10.9. The zero-order valence-corrected chi connectivity index (χ0v) is 14.9. The van der Waals surface area contributed by atoms with E-state index in [4.69, 9.17) is 4.99 Å². The fraction of sp³-hybridized carbons (Fsp3) is 0. The third-order valence-electron chi connectivity index (χ3n) is 5.37. The molecule has 0 amide bonds. The summed E-state index contributed by atoms with van der Waals surface area (Å²) in [6, 6.07) is 16.3. The van der Waals surface area contributed by atoms with Gasteiger partial charge in [-0.15, -0.1) is 0 Å². The van der Waals surface area contributed by atoms with Crippen molar-refractivity contribution in [2.24, 2.45) is 4.99 Å². The highest BCUT2D eigenvalue weighted by Gasteiger charge is 2.26. The van der Waals surface area contributed by atoms with Crippen molar-refractivity contribution in [2.45, 2.75) is 0 Å². The lowest BCUT2D eigenvalue weighted by Gasteiger charge is -2.03. The summed E-state index contributed by atoms with van der Waals surface area (Å²) in [6.45, 7) is 4.22. The monoisotopic (exact) mass is 355 g/mol. The molecule has 2 aromatic heterocycles. The van der Waals surface area contributed by atoms with Crippen LogP contribution in [0.25, 0.3) is 50.3 Å². The number of aromatic hydroxyl groups is 1. The summed E-state index contributed by atoms with van der Waals surface area (Å²) in [6.07, 6.45) is 0. The molecule has 1 aliphatic heterocycles. The summed E-state index contributed by atoms with van der Waals surface area (Å²) in [5, 5.41) is 16.4. The van der Waals surface area contributed by atoms with Crippen molar-refractivity contribution in [3.05, 3.63) is 59.2 Å². The molecule has 0 saturated heterocycles. The van der Waals surface area contributed by atoms with Gasteiger partial charge in [-0.3, -0.25) is 4.34 Å². The van der Waals surface area contributed by atoms with E-state index in [1.807, 2.05) is 30.3 Å². The predicted octanol–water partition coefficient (Wildman–Crippen LogP) is 3.96. The maximum Gasteiger partial charge on any atom is 0.203 e. The number of aromatic nitrogens is 2. The Hall–Kier alpha value is -3.10. The number of nitrogens with zero attached hydrogens (tertiary/aromatic N) is 2. The fourth-order valence-electron chi connectivity index (χ4n) is 4.23. The quantitative estimate of drug-likeness (QED) is 0.398. The molecule has 6 rings (SSSR count). The largest absolute Gasteiger partial charge is 0.494 e. The summed E-state index contributed by atoms with van der Waals surface area (Å²) < 4.78 is 1.67. The second-order valence-corrected chi connectivity index (χ2v) is 7.18. The van der Waals surface area contributed by atoms with Gasteiger partial charge in [0.25, 0.3) is 0 Å². The summed E-state index contributed by atoms with van der Waals surface area (Å²) in [5.41, 5.74) is 5.05. The number of fused-ring (bicyclic) bond motifs is 10. The minimum atomic E-state index is 0.205. The van der Waals surface area contributed by atoms with Gasteiger partial charge in [0.2, 0.25) is 5.88 Å². The van der Waals surface area contributed by atoms with Crippen molar-refractivity contribution in [1.82, 2.24) is 9.32 Å². The number of benzene rings is 3. The molecule has 4 nitrogen and oxygen atoms in total. The molecular formula is C21H14N3OP. The first-order valence-electron chi connectivity index (χ1n) is 8.38. The Labute approximate surface area is 150 Å². The van der Waals surface area contributed by atoms with Gasteiger partial charge in [-0.05, 0) is 21.5 Å². The zero-order chi connectivity index (χ0) is 17.6. The van der Waals surface area contributed by atoms with Gasteiger partial charge in [-0.25, -0.2) is 4.99 Å². The van der Waals surface area contributed by atoms with Crippen LogP contribution in [-0.2, 0) is 0 Å². The van der Waals surface area contributed by atoms with Gasteiger partial charge in [-0.1, -0.05) is 43.0 Å². The van der Waals surface area contributed by atoms with Gasteiger partial charge in [0.05, 0.1) is 21.9 Å². The average Bonchev–Trinajstić information content (AvgIpc) is 3.29. The molecule has 0 saturated carbocycles. The second kappa shape index (κ2) is 4.54. The number of para-hydroxylation sites is 2. The van der Waals surface area contributed by atoms with Gasteiger partial charge >= 0.3 is 0 Å². The Morgan fingerprint density at radius 1 is 1.00 bits per heavy atom. The first-order chi connectivity index (χ1) is 12.7. The fourth-order valence-corrected chi connectivity index (χ4v) is 4.49. The highest BCUT2D eigenvalue weighted by molar-refractivity contribution is 7.14. The lowest BCUT2D eigenvalue weighted by molar-refractivity contribution is 0.456. The van der Waals surface area contributed by atoms with Crippen molar-refractivity contribution in [2.75, 3.05) is 0 Å². The van der Waals surface area contributed by atoms with E-state index in [0.29, 0.717) is 0 Å². The lowest BCUT2D eigenvalue weighted by atomic mass is 9.97. The minimum absolute atomic E-state index is 0.205. The molecule has 2 N–H and O–H groups in total. The van der Waals surface area contributed by atoms with Crippen LogP contribution in [0.15, 0.2) is 53.5 Å². The van der Waals surface area contributed by atoms with E-state index < -0.39 is 0 Å². The maximum absolute atomic E-state index is 10.9. The molecular weight excluding hydrogens is 341 g/mol. The second-order valence-electron chi connectivity index (χ2n) is 6.66. The highest BCUT2D eigenvalue weighted by Crippen LogP contribution is 2.43. The number of rotatable bonds is 0. The molecule has 1 aliphatic rings. The molecule has 124 valence electrons. The molecule has 0 radical (unpaired) electrons. The minimum Gasteiger partial charge on any atom is -0.494 e. The van der Waals surface area contributed by atoms with Crippen LogP contribution in [0.5, 0.6) is 5.88 Å². The third kappa shape index (κ3) is 1.48. The number of hydrogen-bond acceptors (Lipinski definition) is 2. The van der Waals surface area contributed by atoms with E-state index >= 15 is 0 Å². The molecule has 0 aliphatic carbocycles. The number of hydrogen-bond donors (Lipinski definition) is 2. The van der Waals surface area contributed by atoms with Crippen molar-refractivity contribution < 1.29 is 5.11 Å². The Morgan fingerprint density at radius 3 is 2.65 bits per heavy atom. The number of H-pyrrole nitrogens is 1. The summed E-state index contributed by atoms with van der Waals surface area (Å²) in [5.74, 6) is 0.205. The van der Waals surface area contributed by atoms with Crippen LogP contribution in [0.2, 0.25) is 0 Å². The van der Waals surface area contributed by atoms with Gasteiger partial charge in [0.1, 0.15) is 0 Å². The first-order valence-corrected chi connectivity index (χ1v) is 8.90. The summed E-state index contributed by atoms with van der Waals surface area (Å²) in [4.78, 5) is 8.43. The average molecular weight is 355 g/mol. The number of nitrogens with one attached hydrogen (secondary N) is 1. The number of aromatic amines is 1. The van der Waals surface area contributed by atoms with Crippen LogP contribution >= 0.6 is 9.39 Å². The van der Waals surface area contributed by atoms with Gasteiger partial charge in [0.15, 0.2) is 0 Å².